The Morgan fingerprint density at radius 2 is 1.67 bits per heavy atom. The third-order valence-electron chi connectivity index (χ3n) is 3.74. The Morgan fingerprint density at radius 1 is 0.963 bits per heavy atom. The van der Waals surface area contributed by atoms with E-state index in [2.05, 4.69) is 10.5 Å². The molecule has 0 aliphatic rings. The molecule has 0 aliphatic heterocycles. The van der Waals surface area contributed by atoms with Gasteiger partial charge < -0.3 is 4.74 Å². The maximum absolute atomic E-state index is 12.1. The van der Waals surface area contributed by atoms with Crippen LogP contribution in [0.15, 0.2) is 77.9 Å². The number of halogens is 2. The van der Waals surface area contributed by atoms with Crippen LogP contribution in [0.4, 0.5) is 0 Å². The third kappa shape index (κ3) is 5.33. The number of ether oxygens (including phenoxy) is 1. The topological polar surface area (TPSA) is 50.7 Å². The van der Waals surface area contributed by atoms with Crippen LogP contribution in [0, 0.1) is 0 Å². The van der Waals surface area contributed by atoms with E-state index in [4.69, 9.17) is 27.9 Å². The Kier molecular flexibility index (Phi) is 6.47. The molecule has 0 bridgehead atoms. The predicted molar refractivity (Wildman–Crippen MR) is 109 cm³/mol. The Morgan fingerprint density at radius 3 is 2.44 bits per heavy atom. The summed E-state index contributed by atoms with van der Waals surface area (Å²) in [5.41, 5.74) is 4.59. The molecule has 0 unspecified atom stereocenters. The number of hydrazone groups is 1. The third-order valence-corrected chi connectivity index (χ3v) is 4.36. The zero-order valence-electron chi connectivity index (χ0n) is 14.2. The van der Waals surface area contributed by atoms with Gasteiger partial charge in [0.25, 0.3) is 5.91 Å². The standard InChI is InChI=1S/C21H16Cl2N2O2/c22-18-11-9-15(10-12-18)21(26)25-24-13-16-5-2-4-8-20(16)27-14-17-6-1-3-7-19(17)23/h1-13H,14H2,(H,25,26)/b24-13-. The number of rotatable bonds is 6. The molecule has 0 aliphatic carbocycles. The van der Waals surface area contributed by atoms with Crippen molar-refractivity contribution in [2.24, 2.45) is 5.10 Å². The molecule has 1 N–H and O–H groups in total. The number of carbonyl (C=O) groups is 1. The van der Waals surface area contributed by atoms with Crippen LogP contribution in [0.2, 0.25) is 10.0 Å². The number of hydrogen-bond donors (Lipinski definition) is 1. The minimum absolute atomic E-state index is 0.322. The highest BCUT2D eigenvalue weighted by atomic mass is 35.5. The molecule has 1 amide bonds. The summed E-state index contributed by atoms with van der Waals surface area (Å²) in [6.45, 7) is 0.335. The second-order valence-corrected chi connectivity index (χ2v) is 6.47. The van der Waals surface area contributed by atoms with Gasteiger partial charge in [-0.05, 0) is 42.5 Å². The first kappa shape index (κ1) is 19.0. The minimum Gasteiger partial charge on any atom is -0.488 e. The fourth-order valence-corrected chi connectivity index (χ4v) is 2.63. The van der Waals surface area contributed by atoms with Gasteiger partial charge in [-0.15, -0.1) is 0 Å². The van der Waals surface area contributed by atoms with Gasteiger partial charge in [0.2, 0.25) is 0 Å². The van der Waals surface area contributed by atoms with Crippen LogP contribution in [-0.2, 0) is 6.61 Å². The van der Waals surface area contributed by atoms with Crippen molar-refractivity contribution in [3.8, 4) is 5.75 Å². The molecule has 3 aromatic rings. The lowest BCUT2D eigenvalue weighted by Gasteiger charge is -2.10. The van der Waals surface area contributed by atoms with Crippen molar-refractivity contribution in [3.63, 3.8) is 0 Å². The molecular weight excluding hydrogens is 383 g/mol. The van der Waals surface area contributed by atoms with Gasteiger partial charge in [0.15, 0.2) is 0 Å². The molecule has 0 aromatic heterocycles. The lowest BCUT2D eigenvalue weighted by atomic mass is 10.2. The normalized spacial score (nSPS) is 10.7. The van der Waals surface area contributed by atoms with Gasteiger partial charge in [0.05, 0.1) is 6.21 Å². The summed E-state index contributed by atoms with van der Waals surface area (Å²) in [6, 6.07) is 21.5. The summed E-state index contributed by atoms with van der Waals surface area (Å²) in [5, 5.41) is 5.23. The molecule has 0 fully saturated rings. The molecule has 0 saturated heterocycles. The molecular formula is C21H16Cl2N2O2. The average molecular weight is 399 g/mol. The highest BCUT2D eigenvalue weighted by Gasteiger charge is 2.05. The number of benzene rings is 3. The lowest BCUT2D eigenvalue weighted by molar-refractivity contribution is 0.0955. The molecule has 0 radical (unpaired) electrons. The summed E-state index contributed by atoms with van der Waals surface area (Å²) in [4.78, 5) is 12.1. The lowest BCUT2D eigenvalue weighted by Crippen LogP contribution is -2.17. The molecule has 3 rings (SSSR count). The van der Waals surface area contributed by atoms with Crippen LogP contribution in [0.1, 0.15) is 21.5 Å². The van der Waals surface area contributed by atoms with Gasteiger partial charge in [-0.1, -0.05) is 53.5 Å². The molecule has 0 spiro atoms. The molecule has 0 saturated carbocycles. The summed E-state index contributed by atoms with van der Waals surface area (Å²) in [6.07, 6.45) is 1.54. The molecule has 136 valence electrons. The second-order valence-electron chi connectivity index (χ2n) is 5.62. The highest BCUT2D eigenvalue weighted by molar-refractivity contribution is 6.31. The first-order valence-electron chi connectivity index (χ1n) is 8.17. The van der Waals surface area contributed by atoms with Crippen molar-refractivity contribution < 1.29 is 9.53 Å². The monoisotopic (exact) mass is 398 g/mol. The van der Waals surface area contributed by atoms with E-state index in [0.29, 0.717) is 28.0 Å². The van der Waals surface area contributed by atoms with E-state index in [1.165, 1.54) is 6.21 Å². The quantitative estimate of drug-likeness (QED) is 0.450. The van der Waals surface area contributed by atoms with Crippen LogP contribution in [0.5, 0.6) is 5.75 Å². The number of carbonyl (C=O) groups excluding carboxylic acids is 1. The maximum Gasteiger partial charge on any atom is 0.271 e. The molecule has 27 heavy (non-hydrogen) atoms. The summed E-state index contributed by atoms with van der Waals surface area (Å²) >= 11 is 12.0. The van der Waals surface area contributed by atoms with E-state index in [0.717, 1.165) is 11.1 Å². The first-order chi connectivity index (χ1) is 13.1. The van der Waals surface area contributed by atoms with E-state index in [-0.39, 0.29) is 5.91 Å². The predicted octanol–water partition coefficient (Wildman–Crippen LogP) is 5.34. The summed E-state index contributed by atoms with van der Waals surface area (Å²) in [7, 11) is 0. The van der Waals surface area contributed by atoms with Gasteiger partial charge in [-0.25, -0.2) is 5.43 Å². The molecule has 0 heterocycles. The first-order valence-corrected chi connectivity index (χ1v) is 8.93. The van der Waals surface area contributed by atoms with Gasteiger partial charge in [0.1, 0.15) is 12.4 Å². The number of para-hydroxylation sites is 1. The molecule has 6 heteroatoms. The Labute approximate surface area is 167 Å². The van der Waals surface area contributed by atoms with Crippen LogP contribution < -0.4 is 10.2 Å². The van der Waals surface area contributed by atoms with Gasteiger partial charge in [-0.3, -0.25) is 4.79 Å². The van der Waals surface area contributed by atoms with Crippen molar-refractivity contribution >= 4 is 35.3 Å². The number of nitrogens with zero attached hydrogens (tertiary/aromatic N) is 1. The maximum atomic E-state index is 12.1. The fourth-order valence-electron chi connectivity index (χ4n) is 2.32. The summed E-state index contributed by atoms with van der Waals surface area (Å²) in [5.74, 6) is 0.319. The van der Waals surface area contributed by atoms with Crippen LogP contribution >= 0.6 is 23.2 Å². The largest absolute Gasteiger partial charge is 0.488 e. The van der Waals surface area contributed by atoms with Crippen LogP contribution in [0.3, 0.4) is 0 Å². The van der Waals surface area contributed by atoms with E-state index >= 15 is 0 Å². The van der Waals surface area contributed by atoms with E-state index < -0.39 is 0 Å². The zero-order valence-corrected chi connectivity index (χ0v) is 15.7. The SMILES string of the molecule is O=C(N/N=C\c1ccccc1OCc1ccccc1Cl)c1ccc(Cl)cc1. The van der Waals surface area contributed by atoms with Crippen LogP contribution in [0.25, 0.3) is 0 Å². The van der Waals surface area contributed by atoms with E-state index in [1.54, 1.807) is 24.3 Å². The van der Waals surface area contributed by atoms with Crippen LogP contribution in [-0.4, -0.2) is 12.1 Å². The Bertz CT molecular complexity index is 956. The minimum atomic E-state index is -0.322. The molecule has 3 aromatic carbocycles. The van der Waals surface area contributed by atoms with Crippen molar-refractivity contribution in [2.45, 2.75) is 6.61 Å². The Balaban J connectivity index is 1.65. The number of amides is 1. The fraction of sp³-hybridized carbons (Fsp3) is 0.0476. The summed E-state index contributed by atoms with van der Waals surface area (Å²) < 4.78 is 5.86. The van der Waals surface area contributed by atoms with E-state index in [1.807, 2.05) is 48.5 Å². The number of hydrogen-bond acceptors (Lipinski definition) is 3. The number of nitrogens with one attached hydrogen (secondary N) is 1. The Hall–Kier alpha value is -2.82. The van der Waals surface area contributed by atoms with E-state index in [9.17, 15) is 4.79 Å². The highest BCUT2D eigenvalue weighted by Crippen LogP contribution is 2.21. The van der Waals surface area contributed by atoms with Crippen molar-refractivity contribution in [1.82, 2.24) is 5.43 Å². The van der Waals surface area contributed by atoms with Crippen molar-refractivity contribution in [3.05, 3.63) is 99.5 Å². The average Bonchev–Trinajstić information content (AvgIpc) is 2.69. The smallest absolute Gasteiger partial charge is 0.271 e. The van der Waals surface area contributed by atoms with Gasteiger partial charge in [0, 0.05) is 26.7 Å². The van der Waals surface area contributed by atoms with Gasteiger partial charge in [-0.2, -0.15) is 5.10 Å². The second kappa shape index (κ2) is 9.21. The van der Waals surface area contributed by atoms with Gasteiger partial charge >= 0.3 is 0 Å². The zero-order chi connectivity index (χ0) is 19.1. The van der Waals surface area contributed by atoms with Crippen molar-refractivity contribution in [2.75, 3.05) is 0 Å². The van der Waals surface area contributed by atoms with Crippen molar-refractivity contribution in [1.29, 1.82) is 0 Å². The molecule has 4 nitrogen and oxygen atoms in total. The molecule has 0 atom stereocenters.